The highest BCUT2D eigenvalue weighted by Gasteiger charge is 2.06. The molecule has 1 aromatic carbocycles. The predicted octanol–water partition coefficient (Wildman–Crippen LogP) is 3.45. The van der Waals surface area contributed by atoms with E-state index < -0.39 is 0 Å². The van der Waals surface area contributed by atoms with Crippen LogP contribution < -0.4 is 0 Å². The van der Waals surface area contributed by atoms with Gasteiger partial charge in [0.05, 0.1) is 5.56 Å². The lowest BCUT2D eigenvalue weighted by atomic mass is 10.1. The molecule has 0 atom stereocenters. The summed E-state index contributed by atoms with van der Waals surface area (Å²) in [7, 11) is 0. The summed E-state index contributed by atoms with van der Waals surface area (Å²) in [5.74, 6) is -0.263. The number of carbonyl (C=O) groups excluding carboxylic acids is 1. The molecule has 1 N–H and O–H groups in total. The maximum absolute atomic E-state index is 11.9. The van der Waals surface area contributed by atoms with Crippen molar-refractivity contribution in [1.29, 1.82) is 0 Å². The predicted molar refractivity (Wildman–Crippen MR) is 73.4 cm³/mol. The first-order chi connectivity index (χ1) is 8.68. The second kappa shape index (κ2) is 5.60. The Bertz CT molecular complexity index is 608. The molecule has 0 unspecified atom stereocenters. The largest absolute Gasteiger partial charge is 0.507 e. The fourth-order valence-corrected chi connectivity index (χ4v) is 1.84. The summed E-state index contributed by atoms with van der Waals surface area (Å²) in [6.07, 6.45) is 4.73. The number of pyridine rings is 1. The van der Waals surface area contributed by atoms with E-state index >= 15 is 0 Å². The topological polar surface area (TPSA) is 50.2 Å². The van der Waals surface area contributed by atoms with Crippen LogP contribution in [0.1, 0.15) is 15.9 Å². The van der Waals surface area contributed by atoms with Crippen LogP contribution >= 0.6 is 15.9 Å². The molecule has 4 heteroatoms. The molecular weight excluding hydrogens is 294 g/mol. The number of aromatic nitrogens is 1. The van der Waals surface area contributed by atoms with Gasteiger partial charge in [0.15, 0.2) is 5.78 Å². The molecular formula is C14H10BrNO2. The highest BCUT2D eigenvalue weighted by atomic mass is 79.9. The van der Waals surface area contributed by atoms with Gasteiger partial charge in [-0.3, -0.25) is 4.79 Å². The molecule has 3 nitrogen and oxygen atoms in total. The van der Waals surface area contributed by atoms with Crippen molar-refractivity contribution < 1.29 is 9.90 Å². The zero-order valence-electron chi connectivity index (χ0n) is 9.38. The zero-order valence-corrected chi connectivity index (χ0v) is 11.0. The van der Waals surface area contributed by atoms with Crippen LogP contribution in [0, 0.1) is 0 Å². The Balaban J connectivity index is 2.23. The first kappa shape index (κ1) is 12.5. The monoisotopic (exact) mass is 303 g/mol. The summed E-state index contributed by atoms with van der Waals surface area (Å²) < 4.78 is 0.673. The van der Waals surface area contributed by atoms with Crippen LogP contribution in [-0.4, -0.2) is 15.9 Å². The van der Waals surface area contributed by atoms with Gasteiger partial charge in [0.1, 0.15) is 10.4 Å². The molecule has 0 aliphatic rings. The lowest BCUT2D eigenvalue weighted by Crippen LogP contribution is -1.94. The van der Waals surface area contributed by atoms with E-state index in [0.29, 0.717) is 4.60 Å². The van der Waals surface area contributed by atoms with Gasteiger partial charge in [-0.1, -0.05) is 18.2 Å². The molecule has 2 rings (SSSR count). The van der Waals surface area contributed by atoms with Crippen LogP contribution in [0.5, 0.6) is 5.75 Å². The third-order valence-corrected chi connectivity index (χ3v) is 3.03. The van der Waals surface area contributed by atoms with Gasteiger partial charge in [0.25, 0.3) is 0 Å². The molecule has 0 saturated heterocycles. The Morgan fingerprint density at radius 3 is 2.72 bits per heavy atom. The van der Waals surface area contributed by atoms with Gasteiger partial charge in [-0.05, 0) is 46.3 Å². The summed E-state index contributed by atoms with van der Waals surface area (Å²) in [5.41, 5.74) is 1.09. The Hall–Kier alpha value is -1.94. The molecule has 2 aromatic rings. The Morgan fingerprint density at radius 1 is 1.22 bits per heavy atom. The Morgan fingerprint density at radius 2 is 2.00 bits per heavy atom. The number of phenols is 1. The quantitative estimate of drug-likeness (QED) is 0.537. The van der Waals surface area contributed by atoms with E-state index in [4.69, 9.17) is 0 Å². The number of benzene rings is 1. The first-order valence-corrected chi connectivity index (χ1v) is 6.08. The lowest BCUT2D eigenvalue weighted by Gasteiger charge is -1.99. The summed E-state index contributed by atoms with van der Waals surface area (Å²) in [6, 6.07) is 10.1. The first-order valence-electron chi connectivity index (χ1n) is 5.29. The van der Waals surface area contributed by atoms with Crippen LogP contribution in [0.2, 0.25) is 0 Å². The molecule has 1 aromatic heterocycles. The fourth-order valence-electron chi connectivity index (χ4n) is 1.46. The number of halogens is 1. The number of nitrogens with zero attached hydrogens (tertiary/aromatic N) is 1. The van der Waals surface area contributed by atoms with Crippen LogP contribution in [0.15, 0.2) is 53.3 Å². The number of para-hydroxylation sites is 1. The molecule has 0 radical (unpaired) electrons. The smallest absolute Gasteiger partial charge is 0.189 e. The molecule has 0 fully saturated rings. The highest BCUT2D eigenvalue weighted by molar-refractivity contribution is 9.10. The molecule has 0 aliphatic carbocycles. The number of hydrogen-bond donors (Lipinski definition) is 1. The normalized spacial score (nSPS) is 10.7. The molecule has 0 amide bonds. The van der Waals surface area contributed by atoms with Crippen molar-refractivity contribution in [2.45, 2.75) is 0 Å². The van der Waals surface area contributed by atoms with Gasteiger partial charge >= 0.3 is 0 Å². The lowest BCUT2D eigenvalue weighted by molar-refractivity contribution is 0.104. The van der Waals surface area contributed by atoms with Gasteiger partial charge in [-0.25, -0.2) is 4.98 Å². The van der Waals surface area contributed by atoms with E-state index in [1.54, 1.807) is 36.5 Å². The minimum absolute atomic E-state index is 0.0163. The molecule has 1 heterocycles. The molecule has 0 saturated carbocycles. The van der Waals surface area contributed by atoms with Gasteiger partial charge in [0.2, 0.25) is 0 Å². The molecule has 0 bridgehead atoms. The fraction of sp³-hybridized carbons (Fsp3) is 0. The van der Waals surface area contributed by atoms with Crippen LogP contribution in [0.3, 0.4) is 0 Å². The van der Waals surface area contributed by atoms with E-state index in [2.05, 4.69) is 20.9 Å². The zero-order chi connectivity index (χ0) is 13.0. The number of rotatable bonds is 3. The van der Waals surface area contributed by atoms with E-state index in [9.17, 15) is 9.90 Å². The highest BCUT2D eigenvalue weighted by Crippen LogP contribution is 2.18. The van der Waals surface area contributed by atoms with E-state index in [0.717, 1.165) is 5.56 Å². The Labute approximate surface area is 113 Å². The summed E-state index contributed by atoms with van der Waals surface area (Å²) in [4.78, 5) is 15.9. The van der Waals surface area contributed by atoms with E-state index in [-0.39, 0.29) is 17.1 Å². The maximum Gasteiger partial charge on any atom is 0.189 e. The number of ketones is 1. The number of phenolic OH excluding ortho intramolecular Hbond substituents is 1. The molecule has 18 heavy (non-hydrogen) atoms. The van der Waals surface area contributed by atoms with Crippen LogP contribution in [-0.2, 0) is 0 Å². The second-order valence-corrected chi connectivity index (χ2v) is 4.35. The van der Waals surface area contributed by atoms with Crippen molar-refractivity contribution in [3.63, 3.8) is 0 Å². The van der Waals surface area contributed by atoms with E-state index in [1.165, 1.54) is 12.1 Å². The number of allylic oxidation sites excluding steroid dienone is 1. The third-order valence-electron chi connectivity index (χ3n) is 2.37. The van der Waals surface area contributed by atoms with Crippen molar-refractivity contribution in [3.05, 3.63) is 64.4 Å². The van der Waals surface area contributed by atoms with Crippen molar-refractivity contribution in [1.82, 2.24) is 4.98 Å². The third kappa shape index (κ3) is 2.84. The average Bonchev–Trinajstić information content (AvgIpc) is 2.38. The van der Waals surface area contributed by atoms with Crippen molar-refractivity contribution >= 4 is 27.8 Å². The molecule has 90 valence electrons. The summed E-state index contributed by atoms with van der Waals surface area (Å²) >= 11 is 3.29. The molecule has 0 spiro atoms. The van der Waals surface area contributed by atoms with Crippen LogP contribution in [0.4, 0.5) is 0 Å². The molecule has 0 aliphatic heterocycles. The van der Waals surface area contributed by atoms with E-state index in [1.807, 2.05) is 6.07 Å². The van der Waals surface area contributed by atoms with Gasteiger partial charge in [-0.2, -0.15) is 0 Å². The van der Waals surface area contributed by atoms with Crippen LogP contribution in [0.25, 0.3) is 6.08 Å². The minimum Gasteiger partial charge on any atom is -0.507 e. The maximum atomic E-state index is 11.9. The van der Waals surface area contributed by atoms with Gasteiger partial charge in [0, 0.05) is 11.8 Å². The average molecular weight is 304 g/mol. The standard InChI is InChI=1S/C14H10BrNO2/c15-14-10(4-3-9-16-14)7-8-13(18)11-5-1-2-6-12(11)17/h1-9,17H/b8-7+. The van der Waals surface area contributed by atoms with Crippen molar-refractivity contribution in [2.75, 3.05) is 0 Å². The number of aromatic hydroxyl groups is 1. The minimum atomic E-state index is -0.246. The van der Waals surface area contributed by atoms with Crippen molar-refractivity contribution in [3.8, 4) is 5.75 Å². The summed E-state index contributed by atoms with van der Waals surface area (Å²) in [6.45, 7) is 0. The number of hydrogen-bond acceptors (Lipinski definition) is 3. The van der Waals surface area contributed by atoms with Gasteiger partial charge < -0.3 is 5.11 Å². The SMILES string of the molecule is O=C(/C=C/c1cccnc1Br)c1ccccc1O. The number of carbonyl (C=O) groups is 1. The second-order valence-electron chi connectivity index (χ2n) is 3.60. The summed E-state index contributed by atoms with van der Waals surface area (Å²) in [5, 5.41) is 9.56. The van der Waals surface area contributed by atoms with Gasteiger partial charge in [-0.15, -0.1) is 0 Å². The van der Waals surface area contributed by atoms with Crippen molar-refractivity contribution in [2.24, 2.45) is 0 Å². The Kier molecular flexibility index (Phi) is 3.89.